The number of benzene rings is 1. The Bertz CT molecular complexity index is 408. The molecule has 1 aliphatic rings. The summed E-state index contributed by atoms with van der Waals surface area (Å²) >= 11 is 0. The predicted octanol–water partition coefficient (Wildman–Crippen LogP) is 3.39. The van der Waals surface area contributed by atoms with Crippen LogP contribution in [0.4, 0.5) is 0 Å². The Kier molecular flexibility index (Phi) is 4.64. The summed E-state index contributed by atoms with van der Waals surface area (Å²) in [7, 11) is 2.07. The minimum Gasteiger partial charge on any atom is -0.324 e. The summed E-state index contributed by atoms with van der Waals surface area (Å²) in [6, 6.07) is 5.44. The van der Waals surface area contributed by atoms with Crippen LogP contribution < -0.4 is 11.1 Å². The Morgan fingerprint density at radius 2 is 1.58 bits per heavy atom. The van der Waals surface area contributed by atoms with Crippen molar-refractivity contribution in [3.8, 4) is 0 Å². The average molecular weight is 260 g/mol. The van der Waals surface area contributed by atoms with Crippen LogP contribution in [0.1, 0.15) is 54.0 Å². The number of nitrogens with one attached hydrogen (secondary N) is 1. The highest BCUT2D eigenvalue weighted by atomic mass is 14.9. The van der Waals surface area contributed by atoms with Gasteiger partial charge in [-0.05, 0) is 76.1 Å². The lowest BCUT2D eigenvalue weighted by Gasteiger charge is -2.33. The van der Waals surface area contributed by atoms with E-state index in [-0.39, 0.29) is 6.04 Å². The number of hydrogen-bond donors (Lipinski definition) is 2. The fraction of sp³-hybridized carbons (Fsp3) is 0.647. The Morgan fingerprint density at radius 1 is 1.05 bits per heavy atom. The lowest BCUT2D eigenvalue weighted by atomic mass is 9.77. The van der Waals surface area contributed by atoms with E-state index in [1.807, 2.05) is 0 Å². The summed E-state index contributed by atoms with van der Waals surface area (Å²) in [4.78, 5) is 0. The van der Waals surface area contributed by atoms with E-state index in [2.05, 4.69) is 45.3 Å². The highest BCUT2D eigenvalue weighted by Gasteiger charge is 2.27. The van der Waals surface area contributed by atoms with Gasteiger partial charge < -0.3 is 11.1 Å². The van der Waals surface area contributed by atoms with Gasteiger partial charge in [-0.3, -0.25) is 0 Å². The molecule has 1 saturated carbocycles. The smallest absolute Gasteiger partial charge is 0.0328 e. The van der Waals surface area contributed by atoms with Crippen LogP contribution in [0.25, 0.3) is 0 Å². The first-order valence-electron chi connectivity index (χ1n) is 7.53. The van der Waals surface area contributed by atoms with Crippen molar-refractivity contribution in [2.45, 2.75) is 58.5 Å². The van der Waals surface area contributed by atoms with E-state index < -0.39 is 0 Å². The van der Waals surface area contributed by atoms with Crippen LogP contribution in [0.2, 0.25) is 0 Å². The first-order valence-corrected chi connectivity index (χ1v) is 7.53. The first-order chi connectivity index (χ1) is 9.02. The molecule has 0 saturated heterocycles. The topological polar surface area (TPSA) is 38.0 Å². The normalized spacial score (nSPS) is 25.3. The molecule has 1 aromatic carbocycles. The molecule has 1 fully saturated rings. The third kappa shape index (κ3) is 3.18. The highest BCUT2D eigenvalue weighted by molar-refractivity contribution is 5.39. The zero-order valence-corrected chi connectivity index (χ0v) is 12.8. The minimum absolute atomic E-state index is 0.207. The van der Waals surface area contributed by atoms with Crippen molar-refractivity contribution in [3.05, 3.63) is 34.4 Å². The maximum Gasteiger partial charge on any atom is 0.0328 e. The molecule has 0 aromatic heterocycles. The fourth-order valence-corrected chi connectivity index (χ4v) is 3.72. The molecule has 2 heteroatoms. The van der Waals surface area contributed by atoms with E-state index >= 15 is 0 Å². The monoisotopic (exact) mass is 260 g/mol. The van der Waals surface area contributed by atoms with Gasteiger partial charge in [0.05, 0.1) is 0 Å². The van der Waals surface area contributed by atoms with Crippen molar-refractivity contribution in [2.75, 3.05) is 7.05 Å². The van der Waals surface area contributed by atoms with Crippen LogP contribution in [0, 0.1) is 26.7 Å². The van der Waals surface area contributed by atoms with Gasteiger partial charge in [-0.25, -0.2) is 0 Å². The molecular formula is C17H28N2. The van der Waals surface area contributed by atoms with Crippen molar-refractivity contribution in [1.82, 2.24) is 5.32 Å². The molecule has 0 spiro atoms. The largest absolute Gasteiger partial charge is 0.324 e. The van der Waals surface area contributed by atoms with E-state index in [0.717, 1.165) is 0 Å². The van der Waals surface area contributed by atoms with Crippen LogP contribution in [-0.4, -0.2) is 13.1 Å². The van der Waals surface area contributed by atoms with E-state index in [4.69, 9.17) is 5.73 Å². The van der Waals surface area contributed by atoms with Gasteiger partial charge in [0.2, 0.25) is 0 Å². The Morgan fingerprint density at radius 3 is 2.05 bits per heavy atom. The zero-order valence-electron chi connectivity index (χ0n) is 12.8. The van der Waals surface area contributed by atoms with Crippen LogP contribution >= 0.6 is 0 Å². The van der Waals surface area contributed by atoms with Crippen molar-refractivity contribution in [3.63, 3.8) is 0 Å². The second-order valence-electron chi connectivity index (χ2n) is 6.24. The summed E-state index contributed by atoms with van der Waals surface area (Å²) in [5, 5.41) is 3.39. The molecule has 1 atom stereocenters. The quantitative estimate of drug-likeness (QED) is 0.874. The Balaban J connectivity index is 2.14. The average Bonchev–Trinajstić information content (AvgIpc) is 2.37. The number of hydrogen-bond acceptors (Lipinski definition) is 2. The van der Waals surface area contributed by atoms with Crippen molar-refractivity contribution in [2.24, 2.45) is 11.7 Å². The van der Waals surface area contributed by atoms with E-state index in [1.165, 1.54) is 47.9 Å². The molecular weight excluding hydrogens is 232 g/mol. The standard InChI is InChI=1S/C17H28N2/c1-11-9-12(2)16(13(3)10-11)17(18)14-5-7-15(19-4)8-6-14/h9-10,14-15,17,19H,5-8,18H2,1-4H3. The lowest BCUT2D eigenvalue weighted by Crippen LogP contribution is -2.34. The minimum atomic E-state index is 0.207. The summed E-state index contributed by atoms with van der Waals surface area (Å²) in [6.45, 7) is 6.57. The summed E-state index contributed by atoms with van der Waals surface area (Å²) < 4.78 is 0. The molecule has 0 radical (unpaired) electrons. The van der Waals surface area contributed by atoms with Crippen molar-refractivity contribution in [1.29, 1.82) is 0 Å². The molecule has 1 aliphatic carbocycles. The van der Waals surface area contributed by atoms with Gasteiger partial charge in [0, 0.05) is 12.1 Å². The van der Waals surface area contributed by atoms with Gasteiger partial charge in [-0.1, -0.05) is 17.7 Å². The number of aryl methyl sites for hydroxylation is 3. The second kappa shape index (κ2) is 6.06. The molecule has 3 N–H and O–H groups in total. The lowest BCUT2D eigenvalue weighted by molar-refractivity contribution is 0.266. The molecule has 0 aliphatic heterocycles. The molecule has 1 aromatic rings. The predicted molar refractivity (Wildman–Crippen MR) is 82.4 cm³/mol. The summed E-state index contributed by atoms with van der Waals surface area (Å²) in [6.07, 6.45) is 5.02. The molecule has 2 nitrogen and oxygen atoms in total. The molecule has 1 unspecified atom stereocenters. The molecule has 19 heavy (non-hydrogen) atoms. The fourth-order valence-electron chi connectivity index (χ4n) is 3.72. The molecule has 106 valence electrons. The van der Waals surface area contributed by atoms with Gasteiger partial charge in [0.1, 0.15) is 0 Å². The third-order valence-electron chi connectivity index (χ3n) is 4.76. The van der Waals surface area contributed by atoms with Gasteiger partial charge >= 0.3 is 0 Å². The summed E-state index contributed by atoms with van der Waals surface area (Å²) in [5.41, 5.74) is 12.0. The third-order valence-corrected chi connectivity index (χ3v) is 4.76. The van der Waals surface area contributed by atoms with E-state index in [1.54, 1.807) is 0 Å². The Labute approximate surface area is 117 Å². The zero-order chi connectivity index (χ0) is 14.0. The number of rotatable bonds is 3. The van der Waals surface area contributed by atoms with Gasteiger partial charge in [-0.2, -0.15) is 0 Å². The van der Waals surface area contributed by atoms with Crippen LogP contribution in [0.15, 0.2) is 12.1 Å². The maximum absolute atomic E-state index is 6.59. The van der Waals surface area contributed by atoms with Crippen molar-refractivity contribution < 1.29 is 0 Å². The highest BCUT2D eigenvalue weighted by Crippen LogP contribution is 2.35. The molecule has 0 amide bonds. The van der Waals surface area contributed by atoms with Crippen molar-refractivity contribution >= 4 is 0 Å². The maximum atomic E-state index is 6.59. The van der Waals surface area contributed by atoms with Gasteiger partial charge in [0.25, 0.3) is 0 Å². The van der Waals surface area contributed by atoms with E-state index in [9.17, 15) is 0 Å². The molecule has 2 rings (SSSR count). The van der Waals surface area contributed by atoms with Gasteiger partial charge in [0.15, 0.2) is 0 Å². The molecule has 0 bridgehead atoms. The van der Waals surface area contributed by atoms with Crippen LogP contribution in [0.3, 0.4) is 0 Å². The molecule has 0 heterocycles. The van der Waals surface area contributed by atoms with Crippen LogP contribution in [-0.2, 0) is 0 Å². The first kappa shape index (κ1) is 14.5. The Hall–Kier alpha value is -0.860. The number of nitrogens with two attached hydrogens (primary N) is 1. The summed E-state index contributed by atoms with van der Waals surface area (Å²) in [5.74, 6) is 0.643. The SMILES string of the molecule is CNC1CCC(C(N)c2c(C)cc(C)cc2C)CC1. The van der Waals surface area contributed by atoms with E-state index in [0.29, 0.717) is 12.0 Å². The second-order valence-corrected chi connectivity index (χ2v) is 6.24. The van der Waals surface area contributed by atoms with Gasteiger partial charge in [-0.15, -0.1) is 0 Å². The van der Waals surface area contributed by atoms with Crippen LogP contribution in [0.5, 0.6) is 0 Å².